The van der Waals surface area contributed by atoms with Crippen molar-refractivity contribution in [2.45, 2.75) is 38.1 Å². The van der Waals surface area contributed by atoms with Crippen LogP contribution in [0.25, 0.3) is 0 Å². The Kier molecular flexibility index (Phi) is 4.60. The molecule has 0 aliphatic carbocycles. The van der Waals surface area contributed by atoms with E-state index in [2.05, 4.69) is 10.6 Å². The number of ether oxygens (including phenoxy) is 1. The summed E-state index contributed by atoms with van der Waals surface area (Å²) in [6, 6.07) is 0.397. The van der Waals surface area contributed by atoms with Crippen LogP contribution in [0.4, 0.5) is 0 Å². The first-order valence-corrected chi connectivity index (χ1v) is 6.42. The third-order valence-corrected chi connectivity index (χ3v) is 3.52. The van der Waals surface area contributed by atoms with Crippen molar-refractivity contribution in [1.29, 1.82) is 0 Å². The maximum Gasteiger partial charge on any atom is 0.220 e. The average Bonchev–Trinajstić information content (AvgIpc) is 2.31. The van der Waals surface area contributed by atoms with Crippen molar-refractivity contribution in [1.82, 2.24) is 10.6 Å². The van der Waals surface area contributed by atoms with E-state index in [0.29, 0.717) is 18.4 Å². The number of piperidine rings is 1. The van der Waals surface area contributed by atoms with Gasteiger partial charge in [0, 0.05) is 25.7 Å². The SMILES string of the molecule is O=C(CC1CCOCC1)NC1CCNCC1. The number of carbonyl (C=O) groups excluding carboxylic acids is 1. The van der Waals surface area contributed by atoms with Gasteiger partial charge in [-0.25, -0.2) is 0 Å². The van der Waals surface area contributed by atoms with E-state index < -0.39 is 0 Å². The minimum absolute atomic E-state index is 0.235. The van der Waals surface area contributed by atoms with E-state index in [9.17, 15) is 4.79 Å². The Labute approximate surface area is 97.1 Å². The van der Waals surface area contributed by atoms with Gasteiger partial charge in [-0.15, -0.1) is 0 Å². The Bertz CT molecular complexity index is 199. The summed E-state index contributed by atoms with van der Waals surface area (Å²) in [5.74, 6) is 0.772. The molecule has 4 heteroatoms. The molecule has 2 aliphatic rings. The lowest BCUT2D eigenvalue weighted by Gasteiger charge is -2.26. The molecule has 0 unspecified atom stereocenters. The van der Waals surface area contributed by atoms with Crippen LogP contribution in [-0.4, -0.2) is 38.3 Å². The molecule has 0 radical (unpaired) electrons. The first-order valence-electron chi connectivity index (χ1n) is 6.42. The van der Waals surface area contributed by atoms with Crippen LogP contribution in [0.3, 0.4) is 0 Å². The van der Waals surface area contributed by atoms with Gasteiger partial charge in [0.15, 0.2) is 0 Å². The molecule has 92 valence electrons. The van der Waals surface area contributed by atoms with Gasteiger partial charge in [0.05, 0.1) is 0 Å². The Morgan fingerprint density at radius 1 is 1.19 bits per heavy atom. The van der Waals surface area contributed by atoms with Crippen LogP contribution in [0.2, 0.25) is 0 Å². The molecule has 16 heavy (non-hydrogen) atoms. The Morgan fingerprint density at radius 2 is 1.88 bits per heavy atom. The summed E-state index contributed by atoms with van der Waals surface area (Å²) in [6.45, 7) is 3.71. The second-order valence-corrected chi connectivity index (χ2v) is 4.85. The highest BCUT2D eigenvalue weighted by Gasteiger charge is 2.20. The van der Waals surface area contributed by atoms with Crippen LogP contribution in [-0.2, 0) is 9.53 Å². The van der Waals surface area contributed by atoms with Gasteiger partial charge >= 0.3 is 0 Å². The summed E-state index contributed by atoms with van der Waals surface area (Å²) in [7, 11) is 0. The van der Waals surface area contributed by atoms with Gasteiger partial charge in [-0.05, 0) is 44.7 Å². The average molecular weight is 226 g/mol. The molecular weight excluding hydrogens is 204 g/mol. The number of nitrogens with one attached hydrogen (secondary N) is 2. The molecule has 0 aromatic carbocycles. The van der Waals surface area contributed by atoms with Gasteiger partial charge in [0.2, 0.25) is 5.91 Å². The van der Waals surface area contributed by atoms with Crippen LogP contribution in [0.15, 0.2) is 0 Å². The fraction of sp³-hybridized carbons (Fsp3) is 0.917. The lowest BCUT2D eigenvalue weighted by atomic mass is 9.96. The fourth-order valence-corrected chi connectivity index (χ4v) is 2.47. The Balaban J connectivity index is 1.66. The third kappa shape index (κ3) is 3.76. The summed E-state index contributed by atoms with van der Waals surface area (Å²) < 4.78 is 5.29. The van der Waals surface area contributed by atoms with Crippen molar-refractivity contribution in [2.24, 2.45) is 5.92 Å². The zero-order valence-electron chi connectivity index (χ0n) is 9.84. The molecule has 0 bridgehead atoms. The number of rotatable bonds is 3. The highest BCUT2D eigenvalue weighted by Crippen LogP contribution is 2.18. The molecule has 0 spiro atoms. The standard InChI is InChI=1S/C12H22N2O2/c15-12(9-10-3-7-16-8-4-10)14-11-1-5-13-6-2-11/h10-11,13H,1-9H2,(H,14,15). The number of hydrogen-bond donors (Lipinski definition) is 2. The Morgan fingerprint density at radius 3 is 2.56 bits per heavy atom. The fourth-order valence-electron chi connectivity index (χ4n) is 2.47. The quantitative estimate of drug-likeness (QED) is 0.743. The zero-order chi connectivity index (χ0) is 11.2. The lowest BCUT2D eigenvalue weighted by Crippen LogP contribution is -2.43. The number of amides is 1. The molecule has 2 saturated heterocycles. The molecule has 1 amide bonds. The summed E-state index contributed by atoms with van der Waals surface area (Å²) in [4.78, 5) is 11.8. The van der Waals surface area contributed by atoms with Crippen molar-refractivity contribution >= 4 is 5.91 Å². The maximum absolute atomic E-state index is 11.8. The molecule has 0 aromatic rings. The zero-order valence-corrected chi connectivity index (χ0v) is 9.84. The van der Waals surface area contributed by atoms with E-state index in [1.807, 2.05) is 0 Å². The lowest BCUT2D eigenvalue weighted by molar-refractivity contribution is -0.123. The van der Waals surface area contributed by atoms with Crippen LogP contribution < -0.4 is 10.6 Å². The van der Waals surface area contributed by atoms with Gasteiger partial charge in [0.25, 0.3) is 0 Å². The first-order chi connectivity index (χ1) is 7.84. The van der Waals surface area contributed by atoms with E-state index in [0.717, 1.165) is 52.0 Å². The van der Waals surface area contributed by atoms with Crippen molar-refractivity contribution in [3.63, 3.8) is 0 Å². The summed E-state index contributed by atoms with van der Waals surface area (Å²) in [5, 5.41) is 6.45. The van der Waals surface area contributed by atoms with Crippen molar-refractivity contribution in [3.8, 4) is 0 Å². The summed E-state index contributed by atoms with van der Waals surface area (Å²) in [5.41, 5.74) is 0. The minimum atomic E-state index is 0.235. The highest BCUT2D eigenvalue weighted by molar-refractivity contribution is 5.76. The van der Waals surface area contributed by atoms with E-state index in [1.165, 1.54) is 0 Å². The molecule has 2 aliphatic heterocycles. The molecule has 0 aromatic heterocycles. The number of carbonyl (C=O) groups is 1. The summed E-state index contributed by atoms with van der Waals surface area (Å²) in [6.07, 6.45) is 4.91. The maximum atomic E-state index is 11.8. The van der Waals surface area contributed by atoms with Crippen molar-refractivity contribution in [2.75, 3.05) is 26.3 Å². The van der Waals surface area contributed by atoms with Gasteiger partial charge in [-0.2, -0.15) is 0 Å². The second-order valence-electron chi connectivity index (χ2n) is 4.85. The Hall–Kier alpha value is -0.610. The monoisotopic (exact) mass is 226 g/mol. The van der Waals surface area contributed by atoms with Crippen molar-refractivity contribution < 1.29 is 9.53 Å². The number of hydrogen-bond acceptors (Lipinski definition) is 3. The molecule has 4 nitrogen and oxygen atoms in total. The third-order valence-electron chi connectivity index (χ3n) is 3.52. The van der Waals surface area contributed by atoms with Gasteiger partial charge in [-0.1, -0.05) is 0 Å². The second kappa shape index (κ2) is 6.21. The van der Waals surface area contributed by atoms with E-state index in [1.54, 1.807) is 0 Å². The highest BCUT2D eigenvalue weighted by atomic mass is 16.5. The van der Waals surface area contributed by atoms with E-state index in [-0.39, 0.29) is 5.91 Å². The van der Waals surface area contributed by atoms with Crippen LogP contribution in [0.1, 0.15) is 32.1 Å². The first kappa shape index (κ1) is 11.9. The molecule has 2 N–H and O–H groups in total. The molecule has 2 rings (SSSR count). The van der Waals surface area contributed by atoms with Gasteiger partial charge in [0.1, 0.15) is 0 Å². The van der Waals surface area contributed by atoms with Crippen LogP contribution >= 0.6 is 0 Å². The molecule has 2 heterocycles. The predicted octanol–water partition coefficient (Wildman–Crippen LogP) is 0.671. The summed E-state index contributed by atoms with van der Waals surface area (Å²) >= 11 is 0. The topological polar surface area (TPSA) is 50.4 Å². The van der Waals surface area contributed by atoms with Gasteiger partial charge < -0.3 is 15.4 Å². The van der Waals surface area contributed by atoms with Gasteiger partial charge in [-0.3, -0.25) is 4.79 Å². The molecule has 0 atom stereocenters. The normalized spacial score (nSPS) is 24.2. The van der Waals surface area contributed by atoms with Crippen LogP contribution in [0.5, 0.6) is 0 Å². The van der Waals surface area contributed by atoms with E-state index >= 15 is 0 Å². The van der Waals surface area contributed by atoms with Crippen LogP contribution in [0, 0.1) is 5.92 Å². The smallest absolute Gasteiger partial charge is 0.220 e. The predicted molar refractivity (Wildman–Crippen MR) is 62.2 cm³/mol. The molecule has 0 saturated carbocycles. The molecule has 2 fully saturated rings. The van der Waals surface area contributed by atoms with Crippen molar-refractivity contribution in [3.05, 3.63) is 0 Å². The minimum Gasteiger partial charge on any atom is -0.381 e. The van der Waals surface area contributed by atoms with E-state index in [4.69, 9.17) is 4.74 Å². The molecular formula is C12H22N2O2. The largest absolute Gasteiger partial charge is 0.381 e.